The zero-order valence-electron chi connectivity index (χ0n) is 11.4. The van der Waals surface area contributed by atoms with Crippen molar-refractivity contribution < 1.29 is 8.78 Å². The van der Waals surface area contributed by atoms with Gasteiger partial charge >= 0.3 is 0 Å². The third kappa shape index (κ3) is 3.49. The standard InChI is InChI=1S/C14H21F2N3/c1-17-14(8-11-9-18-5-6-19(11)2)10-3-4-12(15)13(16)7-10/h3-4,7,11,14,17-18H,5-6,8-9H2,1-2H3. The van der Waals surface area contributed by atoms with Crippen molar-refractivity contribution in [1.29, 1.82) is 0 Å². The van der Waals surface area contributed by atoms with Crippen LogP contribution in [-0.2, 0) is 0 Å². The van der Waals surface area contributed by atoms with E-state index in [-0.39, 0.29) is 6.04 Å². The van der Waals surface area contributed by atoms with Gasteiger partial charge in [-0.05, 0) is 38.2 Å². The maximum Gasteiger partial charge on any atom is 0.159 e. The number of likely N-dealkylation sites (N-methyl/N-ethyl adjacent to an activating group) is 1. The Morgan fingerprint density at radius 1 is 1.42 bits per heavy atom. The van der Waals surface area contributed by atoms with Crippen molar-refractivity contribution >= 4 is 0 Å². The summed E-state index contributed by atoms with van der Waals surface area (Å²) < 4.78 is 26.3. The summed E-state index contributed by atoms with van der Waals surface area (Å²) in [5.41, 5.74) is 0.792. The molecule has 1 aliphatic rings. The lowest BCUT2D eigenvalue weighted by atomic mass is 9.97. The molecule has 106 valence electrons. The quantitative estimate of drug-likeness (QED) is 0.868. The van der Waals surface area contributed by atoms with E-state index in [4.69, 9.17) is 0 Å². The second kappa shape index (κ2) is 6.41. The lowest BCUT2D eigenvalue weighted by Gasteiger charge is -2.35. The normalized spacial score (nSPS) is 22.4. The second-order valence-corrected chi connectivity index (χ2v) is 5.09. The highest BCUT2D eigenvalue weighted by Crippen LogP contribution is 2.22. The van der Waals surface area contributed by atoms with Crippen LogP contribution in [0.25, 0.3) is 0 Å². The first kappa shape index (κ1) is 14.4. The molecular formula is C14H21F2N3. The van der Waals surface area contributed by atoms with Crippen molar-refractivity contribution in [1.82, 2.24) is 15.5 Å². The number of nitrogens with zero attached hydrogens (tertiary/aromatic N) is 1. The minimum Gasteiger partial charge on any atom is -0.314 e. The molecule has 19 heavy (non-hydrogen) atoms. The smallest absolute Gasteiger partial charge is 0.159 e. The molecule has 1 heterocycles. The molecule has 0 aromatic heterocycles. The molecule has 1 saturated heterocycles. The molecule has 0 radical (unpaired) electrons. The van der Waals surface area contributed by atoms with Gasteiger partial charge in [0, 0.05) is 31.7 Å². The highest BCUT2D eigenvalue weighted by atomic mass is 19.2. The third-order valence-corrected chi connectivity index (χ3v) is 3.85. The van der Waals surface area contributed by atoms with Gasteiger partial charge in [0.15, 0.2) is 11.6 Å². The lowest BCUT2D eigenvalue weighted by molar-refractivity contribution is 0.178. The van der Waals surface area contributed by atoms with Crippen LogP contribution in [0.5, 0.6) is 0 Å². The summed E-state index contributed by atoms with van der Waals surface area (Å²) in [6.07, 6.45) is 0.866. The van der Waals surface area contributed by atoms with Crippen molar-refractivity contribution in [2.45, 2.75) is 18.5 Å². The number of nitrogens with one attached hydrogen (secondary N) is 2. The Bertz CT molecular complexity index is 425. The molecule has 1 fully saturated rings. The van der Waals surface area contributed by atoms with Crippen molar-refractivity contribution in [3.05, 3.63) is 35.4 Å². The molecule has 0 bridgehead atoms. The van der Waals surface area contributed by atoms with E-state index in [0.29, 0.717) is 6.04 Å². The number of piperazine rings is 1. The summed E-state index contributed by atoms with van der Waals surface area (Å²) in [4.78, 5) is 2.31. The monoisotopic (exact) mass is 269 g/mol. The Kier molecular flexibility index (Phi) is 4.85. The molecule has 2 N–H and O–H groups in total. The Morgan fingerprint density at radius 3 is 2.84 bits per heavy atom. The molecule has 2 rings (SSSR count). The number of halogens is 2. The summed E-state index contributed by atoms with van der Waals surface area (Å²) in [7, 11) is 3.95. The first-order valence-corrected chi connectivity index (χ1v) is 6.65. The molecule has 2 atom stereocenters. The van der Waals surface area contributed by atoms with Crippen molar-refractivity contribution in [2.24, 2.45) is 0 Å². The summed E-state index contributed by atoms with van der Waals surface area (Å²) in [5.74, 6) is -1.58. The number of hydrogen-bond acceptors (Lipinski definition) is 3. The number of benzene rings is 1. The zero-order chi connectivity index (χ0) is 13.8. The summed E-state index contributed by atoms with van der Waals surface area (Å²) >= 11 is 0. The first-order chi connectivity index (χ1) is 9.11. The van der Waals surface area contributed by atoms with Crippen LogP contribution in [0.3, 0.4) is 0 Å². The molecule has 0 amide bonds. The molecule has 0 aliphatic carbocycles. The van der Waals surface area contributed by atoms with E-state index in [2.05, 4.69) is 22.6 Å². The summed E-state index contributed by atoms with van der Waals surface area (Å²) in [6.45, 7) is 2.94. The molecule has 1 aliphatic heterocycles. The minimum atomic E-state index is -0.796. The minimum absolute atomic E-state index is 0.0300. The van der Waals surface area contributed by atoms with E-state index in [1.54, 1.807) is 6.07 Å². The van der Waals surface area contributed by atoms with Gasteiger partial charge in [-0.25, -0.2) is 8.78 Å². The van der Waals surface area contributed by atoms with Crippen LogP contribution in [-0.4, -0.2) is 44.7 Å². The molecule has 0 saturated carbocycles. The highest BCUT2D eigenvalue weighted by Gasteiger charge is 2.23. The van der Waals surface area contributed by atoms with E-state index < -0.39 is 11.6 Å². The molecule has 0 spiro atoms. The van der Waals surface area contributed by atoms with Crippen LogP contribution in [0.2, 0.25) is 0 Å². The Balaban J connectivity index is 2.08. The van der Waals surface area contributed by atoms with Gasteiger partial charge in [0.2, 0.25) is 0 Å². The fraction of sp³-hybridized carbons (Fsp3) is 0.571. The van der Waals surface area contributed by atoms with Crippen LogP contribution in [0.1, 0.15) is 18.0 Å². The molecule has 1 aromatic carbocycles. The van der Waals surface area contributed by atoms with Gasteiger partial charge in [-0.2, -0.15) is 0 Å². The Morgan fingerprint density at radius 2 is 2.21 bits per heavy atom. The molecule has 3 nitrogen and oxygen atoms in total. The van der Waals surface area contributed by atoms with Crippen LogP contribution < -0.4 is 10.6 Å². The topological polar surface area (TPSA) is 27.3 Å². The van der Waals surface area contributed by atoms with E-state index in [0.717, 1.165) is 31.6 Å². The van der Waals surface area contributed by atoms with Crippen molar-refractivity contribution in [3.8, 4) is 0 Å². The van der Waals surface area contributed by atoms with E-state index in [9.17, 15) is 8.78 Å². The van der Waals surface area contributed by atoms with Gasteiger partial charge in [-0.3, -0.25) is 0 Å². The summed E-state index contributed by atoms with van der Waals surface area (Å²) in [5, 5.41) is 6.55. The summed E-state index contributed by atoms with van der Waals surface area (Å²) in [6, 6.07) is 4.56. The fourth-order valence-electron chi connectivity index (χ4n) is 2.55. The zero-order valence-corrected chi connectivity index (χ0v) is 11.4. The van der Waals surface area contributed by atoms with Crippen LogP contribution in [0.4, 0.5) is 8.78 Å². The van der Waals surface area contributed by atoms with Gasteiger partial charge in [0.25, 0.3) is 0 Å². The van der Waals surface area contributed by atoms with E-state index in [1.165, 1.54) is 12.1 Å². The van der Waals surface area contributed by atoms with Gasteiger partial charge < -0.3 is 15.5 Å². The van der Waals surface area contributed by atoms with E-state index in [1.807, 2.05) is 7.05 Å². The number of hydrogen-bond donors (Lipinski definition) is 2. The maximum absolute atomic E-state index is 13.3. The highest BCUT2D eigenvalue weighted by molar-refractivity contribution is 5.21. The average molecular weight is 269 g/mol. The molecule has 1 aromatic rings. The van der Waals surface area contributed by atoms with Crippen molar-refractivity contribution in [3.63, 3.8) is 0 Å². The van der Waals surface area contributed by atoms with E-state index >= 15 is 0 Å². The third-order valence-electron chi connectivity index (χ3n) is 3.85. The Hall–Kier alpha value is -1.04. The predicted octanol–water partition coefficient (Wildman–Crippen LogP) is 1.52. The largest absolute Gasteiger partial charge is 0.314 e. The first-order valence-electron chi connectivity index (χ1n) is 6.65. The van der Waals surface area contributed by atoms with Crippen molar-refractivity contribution in [2.75, 3.05) is 33.7 Å². The lowest BCUT2D eigenvalue weighted by Crippen LogP contribution is -2.50. The fourth-order valence-corrected chi connectivity index (χ4v) is 2.55. The SMILES string of the molecule is CNC(CC1CNCCN1C)c1ccc(F)c(F)c1. The predicted molar refractivity (Wildman–Crippen MR) is 72.1 cm³/mol. The number of rotatable bonds is 4. The molecule has 2 unspecified atom stereocenters. The van der Waals surface area contributed by atoms with Gasteiger partial charge in [0.1, 0.15) is 0 Å². The van der Waals surface area contributed by atoms with Crippen LogP contribution in [0, 0.1) is 11.6 Å². The molecule has 5 heteroatoms. The molecular weight excluding hydrogens is 248 g/mol. The van der Waals surface area contributed by atoms with Gasteiger partial charge in [-0.1, -0.05) is 6.07 Å². The van der Waals surface area contributed by atoms with Gasteiger partial charge in [0.05, 0.1) is 0 Å². The maximum atomic E-state index is 13.3. The van der Waals surface area contributed by atoms with Crippen LogP contribution >= 0.6 is 0 Å². The Labute approximate surface area is 113 Å². The second-order valence-electron chi connectivity index (χ2n) is 5.09. The van der Waals surface area contributed by atoms with Crippen LogP contribution in [0.15, 0.2) is 18.2 Å². The van der Waals surface area contributed by atoms with Gasteiger partial charge in [-0.15, -0.1) is 0 Å². The average Bonchev–Trinajstić information content (AvgIpc) is 2.41.